The maximum absolute atomic E-state index is 13.7. The van der Waals surface area contributed by atoms with Crippen molar-refractivity contribution in [2.75, 3.05) is 13.1 Å². The van der Waals surface area contributed by atoms with Crippen molar-refractivity contribution >= 4 is 34.8 Å². The SMILES string of the molecule is CCCC(O)C(=O)N1CC(=O)C2C1CCN2C(=O)C(CC(C)C)NC(=O)c1ccc(-c2cccs2)cc1. The van der Waals surface area contributed by atoms with E-state index in [1.807, 2.05) is 50.4 Å². The molecular formula is C28H35N3O5S. The Kier molecular flexibility index (Phi) is 8.44. The molecule has 9 heteroatoms. The van der Waals surface area contributed by atoms with Gasteiger partial charge in [-0.2, -0.15) is 0 Å². The first kappa shape index (κ1) is 27.0. The number of ketones is 1. The maximum Gasteiger partial charge on any atom is 0.252 e. The van der Waals surface area contributed by atoms with Crippen LogP contribution in [0.2, 0.25) is 0 Å². The number of nitrogens with zero attached hydrogens (tertiary/aromatic N) is 2. The molecule has 4 rings (SSSR count). The number of aliphatic hydroxyl groups excluding tert-OH is 1. The number of carbonyl (C=O) groups is 4. The van der Waals surface area contributed by atoms with Crippen LogP contribution in [0.4, 0.5) is 0 Å². The second-order valence-corrected chi connectivity index (χ2v) is 11.2. The zero-order chi connectivity index (χ0) is 26.7. The molecule has 0 bridgehead atoms. The van der Waals surface area contributed by atoms with Crippen LogP contribution in [-0.4, -0.2) is 75.7 Å². The van der Waals surface area contributed by atoms with Crippen LogP contribution in [0.1, 0.15) is 56.8 Å². The number of benzene rings is 1. The molecule has 0 radical (unpaired) electrons. The van der Waals surface area contributed by atoms with Gasteiger partial charge in [0.15, 0.2) is 5.78 Å². The molecule has 2 N–H and O–H groups in total. The summed E-state index contributed by atoms with van der Waals surface area (Å²) in [5.41, 5.74) is 1.48. The summed E-state index contributed by atoms with van der Waals surface area (Å²) in [5, 5.41) is 15.1. The fourth-order valence-electron chi connectivity index (χ4n) is 5.31. The summed E-state index contributed by atoms with van der Waals surface area (Å²) in [7, 11) is 0. The Morgan fingerprint density at radius 1 is 1.11 bits per heavy atom. The van der Waals surface area contributed by atoms with Crippen LogP contribution in [0.25, 0.3) is 10.4 Å². The lowest BCUT2D eigenvalue weighted by Gasteiger charge is -2.29. The molecule has 0 saturated carbocycles. The molecule has 4 atom stereocenters. The molecule has 8 nitrogen and oxygen atoms in total. The van der Waals surface area contributed by atoms with Gasteiger partial charge in [-0.05, 0) is 54.3 Å². The maximum atomic E-state index is 13.7. The van der Waals surface area contributed by atoms with Crippen molar-refractivity contribution in [2.45, 2.75) is 70.7 Å². The number of aliphatic hydroxyl groups is 1. The van der Waals surface area contributed by atoms with Crippen molar-refractivity contribution < 1.29 is 24.3 Å². The zero-order valence-electron chi connectivity index (χ0n) is 21.6. The monoisotopic (exact) mass is 525 g/mol. The van der Waals surface area contributed by atoms with Gasteiger partial charge in [-0.3, -0.25) is 19.2 Å². The third-order valence-corrected chi connectivity index (χ3v) is 8.02. The standard InChI is InChI=1S/C28H35N3O5S/c1-4-6-22(32)28(36)31-16-23(33)25-21(31)12-13-30(25)27(35)20(15-17(2)3)29-26(34)19-10-8-18(9-11-19)24-7-5-14-37-24/h5,7-11,14,17,20-22,25,32H,4,6,12-13,15-16H2,1-3H3,(H,29,34). The lowest BCUT2D eigenvalue weighted by atomic mass is 10.0. The Balaban J connectivity index is 1.47. The number of hydrogen-bond donors (Lipinski definition) is 2. The molecule has 198 valence electrons. The van der Waals surface area contributed by atoms with E-state index >= 15 is 0 Å². The molecule has 3 amide bonds. The van der Waals surface area contributed by atoms with Crippen LogP contribution in [0, 0.1) is 5.92 Å². The van der Waals surface area contributed by atoms with Gasteiger partial charge >= 0.3 is 0 Å². The van der Waals surface area contributed by atoms with E-state index in [0.717, 1.165) is 10.4 Å². The van der Waals surface area contributed by atoms with Crippen LogP contribution >= 0.6 is 11.3 Å². The largest absolute Gasteiger partial charge is 0.383 e. The molecule has 37 heavy (non-hydrogen) atoms. The first-order chi connectivity index (χ1) is 17.7. The third-order valence-electron chi connectivity index (χ3n) is 7.10. The fraction of sp³-hybridized carbons (Fsp3) is 0.500. The lowest BCUT2D eigenvalue weighted by Crippen LogP contribution is -2.53. The van der Waals surface area contributed by atoms with E-state index in [-0.39, 0.29) is 30.1 Å². The van der Waals surface area contributed by atoms with Crippen molar-refractivity contribution in [1.29, 1.82) is 0 Å². The van der Waals surface area contributed by atoms with E-state index in [4.69, 9.17) is 0 Å². The Morgan fingerprint density at radius 3 is 2.46 bits per heavy atom. The van der Waals surface area contributed by atoms with Crippen molar-refractivity contribution in [3.05, 3.63) is 47.3 Å². The number of carbonyl (C=O) groups excluding carboxylic acids is 4. The highest BCUT2D eigenvalue weighted by molar-refractivity contribution is 7.13. The minimum atomic E-state index is -1.14. The molecule has 3 heterocycles. The van der Waals surface area contributed by atoms with Gasteiger partial charge in [-0.25, -0.2) is 0 Å². The van der Waals surface area contributed by atoms with Crippen LogP contribution in [0.3, 0.4) is 0 Å². The number of amides is 3. The van der Waals surface area contributed by atoms with E-state index in [9.17, 15) is 24.3 Å². The van der Waals surface area contributed by atoms with Gasteiger partial charge in [0.25, 0.3) is 11.8 Å². The second kappa shape index (κ2) is 11.6. The molecule has 2 aliphatic heterocycles. The summed E-state index contributed by atoms with van der Waals surface area (Å²) in [6, 6.07) is 9.32. The Labute approximate surface area is 221 Å². The molecular weight excluding hydrogens is 490 g/mol. The van der Waals surface area contributed by atoms with E-state index in [1.54, 1.807) is 23.5 Å². The highest BCUT2D eigenvalue weighted by Crippen LogP contribution is 2.31. The Bertz CT molecular complexity index is 1130. The zero-order valence-corrected chi connectivity index (χ0v) is 22.4. The predicted molar refractivity (Wildman–Crippen MR) is 142 cm³/mol. The highest BCUT2D eigenvalue weighted by Gasteiger charge is 2.52. The number of hydrogen-bond acceptors (Lipinski definition) is 6. The van der Waals surface area contributed by atoms with Crippen LogP contribution < -0.4 is 5.32 Å². The molecule has 0 aliphatic carbocycles. The molecule has 1 aromatic heterocycles. The normalized spacial score (nSPS) is 20.7. The third kappa shape index (κ3) is 5.78. The summed E-state index contributed by atoms with van der Waals surface area (Å²) >= 11 is 1.62. The summed E-state index contributed by atoms with van der Waals surface area (Å²) in [6.45, 7) is 6.06. The predicted octanol–water partition coefficient (Wildman–Crippen LogP) is 3.10. The summed E-state index contributed by atoms with van der Waals surface area (Å²) < 4.78 is 0. The van der Waals surface area contributed by atoms with E-state index in [0.29, 0.717) is 37.8 Å². The van der Waals surface area contributed by atoms with E-state index < -0.39 is 30.1 Å². The lowest BCUT2D eigenvalue weighted by molar-refractivity contribution is -0.142. The number of likely N-dealkylation sites (tertiary alicyclic amines) is 2. The van der Waals surface area contributed by atoms with E-state index in [2.05, 4.69) is 5.32 Å². The van der Waals surface area contributed by atoms with Crippen molar-refractivity contribution in [1.82, 2.24) is 15.1 Å². The fourth-order valence-corrected chi connectivity index (χ4v) is 6.04. The average Bonchev–Trinajstić information content (AvgIpc) is 3.62. The topological polar surface area (TPSA) is 107 Å². The summed E-state index contributed by atoms with van der Waals surface area (Å²) in [6.07, 6.45) is 0.749. The number of fused-ring (bicyclic) bond motifs is 1. The number of rotatable bonds is 9. The number of thiophene rings is 1. The minimum Gasteiger partial charge on any atom is -0.383 e. The molecule has 4 unspecified atom stereocenters. The van der Waals surface area contributed by atoms with E-state index in [1.165, 1.54) is 9.80 Å². The summed E-state index contributed by atoms with van der Waals surface area (Å²) in [5.74, 6) is -1.16. The molecule has 1 aromatic carbocycles. The van der Waals surface area contributed by atoms with Gasteiger partial charge in [0.05, 0.1) is 12.6 Å². The Morgan fingerprint density at radius 2 is 1.84 bits per heavy atom. The van der Waals surface area contributed by atoms with Crippen LogP contribution in [0.15, 0.2) is 41.8 Å². The number of nitrogens with one attached hydrogen (secondary N) is 1. The molecule has 0 spiro atoms. The molecule has 2 fully saturated rings. The highest BCUT2D eigenvalue weighted by atomic mass is 32.1. The Hall–Kier alpha value is -3.04. The van der Waals surface area contributed by atoms with Crippen molar-refractivity contribution in [3.8, 4) is 10.4 Å². The average molecular weight is 526 g/mol. The second-order valence-electron chi connectivity index (χ2n) is 10.3. The van der Waals surface area contributed by atoms with Gasteiger partial charge in [-0.15, -0.1) is 11.3 Å². The first-order valence-corrected chi connectivity index (χ1v) is 13.9. The van der Waals surface area contributed by atoms with Gasteiger partial charge < -0.3 is 20.2 Å². The summed E-state index contributed by atoms with van der Waals surface area (Å²) in [4.78, 5) is 56.5. The first-order valence-electron chi connectivity index (χ1n) is 13.0. The van der Waals surface area contributed by atoms with Crippen molar-refractivity contribution in [3.63, 3.8) is 0 Å². The smallest absolute Gasteiger partial charge is 0.252 e. The molecule has 2 aromatic rings. The van der Waals surface area contributed by atoms with Gasteiger partial charge in [-0.1, -0.05) is 45.4 Å². The van der Waals surface area contributed by atoms with Gasteiger partial charge in [0.1, 0.15) is 18.2 Å². The van der Waals surface area contributed by atoms with Crippen LogP contribution in [0.5, 0.6) is 0 Å². The minimum absolute atomic E-state index is 0.101. The molecule has 2 saturated heterocycles. The van der Waals surface area contributed by atoms with Crippen molar-refractivity contribution in [2.24, 2.45) is 5.92 Å². The quantitative estimate of drug-likeness (QED) is 0.523. The van der Waals surface area contributed by atoms with Gasteiger partial charge in [0, 0.05) is 17.0 Å². The van der Waals surface area contributed by atoms with Gasteiger partial charge in [0.2, 0.25) is 5.91 Å². The molecule has 2 aliphatic rings. The van der Waals surface area contributed by atoms with Crippen LogP contribution in [-0.2, 0) is 14.4 Å². The number of Topliss-reactive ketones (excluding diaryl/α,β-unsaturated/α-hetero) is 1.